The third kappa shape index (κ3) is 5.42. The van der Waals surface area contributed by atoms with E-state index in [2.05, 4.69) is 20.2 Å². The van der Waals surface area contributed by atoms with Gasteiger partial charge in [0.2, 0.25) is 11.8 Å². The van der Waals surface area contributed by atoms with Crippen LogP contribution in [0.15, 0.2) is 24.3 Å². The summed E-state index contributed by atoms with van der Waals surface area (Å²) in [5.41, 5.74) is 3.78. The van der Waals surface area contributed by atoms with Crippen LogP contribution < -0.4 is 15.0 Å². The molecule has 1 saturated heterocycles. The van der Waals surface area contributed by atoms with Crippen molar-refractivity contribution in [2.24, 2.45) is 0 Å². The Morgan fingerprint density at radius 2 is 1.81 bits per heavy atom. The van der Waals surface area contributed by atoms with Crippen molar-refractivity contribution in [3.8, 4) is 5.88 Å². The summed E-state index contributed by atoms with van der Waals surface area (Å²) in [7, 11) is 0. The number of hydrogen-bond acceptors (Lipinski definition) is 5. The summed E-state index contributed by atoms with van der Waals surface area (Å²) in [5.74, 6) is 0.941. The van der Waals surface area contributed by atoms with Crippen LogP contribution in [0.4, 0.5) is 11.6 Å². The molecule has 1 aromatic heterocycles. The Morgan fingerprint density at radius 1 is 1.07 bits per heavy atom. The molecule has 6 heteroatoms. The topological polar surface area (TPSA) is 67.3 Å². The number of carbonyl (C=O) groups is 1. The van der Waals surface area contributed by atoms with Crippen molar-refractivity contribution in [3.05, 3.63) is 41.1 Å². The summed E-state index contributed by atoms with van der Waals surface area (Å²) in [6.07, 6.45) is 4.83. The molecule has 1 amide bonds. The maximum atomic E-state index is 12.3. The highest BCUT2D eigenvalue weighted by Crippen LogP contribution is 2.20. The third-order valence-electron chi connectivity index (χ3n) is 4.73. The molecule has 6 nitrogen and oxygen atoms in total. The summed E-state index contributed by atoms with van der Waals surface area (Å²) < 4.78 is 5.66. The molecule has 1 aromatic carbocycles. The summed E-state index contributed by atoms with van der Waals surface area (Å²) in [4.78, 5) is 23.6. The number of hydrogen-bond donors (Lipinski definition) is 1. The lowest BCUT2D eigenvalue weighted by molar-refractivity contribution is -0.118. The van der Waals surface area contributed by atoms with Crippen molar-refractivity contribution in [2.45, 2.75) is 46.5 Å². The molecule has 1 N–H and O–H groups in total. The largest absolute Gasteiger partial charge is 0.467 e. The normalized spacial score (nSPS) is 14.6. The number of benzene rings is 1. The second-order valence-corrected chi connectivity index (χ2v) is 7.20. The molecule has 1 aliphatic rings. The van der Waals surface area contributed by atoms with Gasteiger partial charge in [0.15, 0.2) is 6.61 Å². The van der Waals surface area contributed by atoms with E-state index in [0.717, 1.165) is 48.4 Å². The second kappa shape index (κ2) is 8.84. The lowest BCUT2D eigenvalue weighted by Crippen LogP contribution is -2.26. The Balaban J connectivity index is 1.63. The predicted molar refractivity (Wildman–Crippen MR) is 107 cm³/mol. The zero-order chi connectivity index (χ0) is 19.2. The Bertz CT molecular complexity index is 799. The molecule has 0 bridgehead atoms. The van der Waals surface area contributed by atoms with Crippen LogP contribution in [0.25, 0.3) is 0 Å². The quantitative estimate of drug-likeness (QED) is 0.869. The first kappa shape index (κ1) is 19.1. The Labute approximate surface area is 161 Å². The van der Waals surface area contributed by atoms with Gasteiger partial charge in [-0.15, -0.1) is 0 Å². The monoisotopic (exact) mass is 368 g/mol. The van der Waals surface area contributed by atoms with Gasteiger partial charge in [-0.1, -0.05) is 25.0 Å². The SMILES string of the molecule is Cc1ccc(C)c(NC(=O)COc2cc(C)nc(N3CCCCCC3)n2)c1. The van der Waals surface area contributed by atoms with Crippen LogP contribution >= 0.6 is 0 Å². The van der Waals surface area contributed by atoms with E-state index >= 15 is 0 Å². The first-order valence-corrected chi connectivity index (χ1v) is 9.62. The van der Waals surface area contributed by atoms with Gasteiger partial charge in [0, 0.05) is 30.5 Å². The zero-order valence-corrected chi connectivity index (χ0v) is 16.4. The summed E-state index contributed by atoms with van der Waals surface area (Å²) >= 11 is 0. The molecule has 0 aliphatic carbocycles. The van der Waals surface area contributed by atoms with E-state index < -0.39 is 0 Å². The van der Waals surface area contributed by atoms with Crippen LogP contribution in [0, 0.1) is 20.8 Å². The number of aryl methyl sites for hydroxylation is 3. The number of anilines is 2. The van der Waals surface area contributed by atoms with Gasteiger partial charge in [0.25, 0.3) is 5.91 Å². The summed E-state index contributed by atoms with van der Waals surface area (Å²) in [6.45, 7) is 7.75. The molecule has 2 heterocycles. The summed E-state index contributed by atoms with van der Waals surface area (Å²) in [5, 5.41) is 2.90. The van der Waals surface area contributed by atoms with Crippen LogP contribution in [0.2, 0.25) is 0 Å². The minimum absolute atomic E-state index is 0.0801. The number of carbonyl (C=O) groups excluding carboxylic acids is 1. The van der Waals surface area contributed by atoms with E-state index in [0.29, 0.717) is 11.8 Å². The average Bonchev–Trinajstić information content (AvgIpc) is 2.92. The van der Waals surface area contributed by atoms with Crippen molar-refractivity contribution in [2.75, 3.05) is 29.9 Å². The van der Waals surface area contributed by atoms with E-state index in [9.17, 15) is 4.79 Å². The van der Waals surface area contributed by atoms with Crippen LogP contribution in [0.5, 0.6) is 5.88 Å². The highest BCUT2D eigenvalue weighted by molar-refractivity contribution is 5.92. The van der Waals surface area contributed by atoms with Gasteiger partial charge in [-0.3, -0.25) is 4.79 Å². The highest BCUT2D eigenvalue weighted by Gasteiger charge is 2.15. The molecule has 0 atom stereocenters. The van der Waals surface area contributed by atoms with Gasteiger partial charge < -0.3 is 15.0 Å². The van der Waals surface area contributed by atoms with E-state index in [1.807, 2.05) is 39.0 Å². The molecule has 1 fully saturated rings. The number of nitrogens with one attached hydrogen (secondary N) is 1. The Morgan fingerprint density at radius 3 is 2.56 bits per heavy atom. The molecule has 27 heavy (non-hydrogen) atoms. The Hall–Kier alpha value is -2.63. The van der Waals surface area contributed by atoms with E-state index in [4.69, 9.17) is 4.74 Å². The van der Waals surface area contributed by atoms with Gasteiger partial charge in [-0.25, -0.2) is 4.98 Å². The number of aromatic nitrogens is 2. The van der Waals surface area contributed by atoms with Crippen molar-refractivity contribution in [1.29, 1.82) is 0 Å². The third-order valence-corrected chi connectivity index (χ3v) is 4.73. The van der Waals surface area contributed by atoms with Crippen molar-refractivity contribution in [1.82, 2.24) is 9.97 Å². The molecule has 144 valence electrons. The van der Waals surface area contributed by atoms with Crippen molar-refractivity contribution >= 4 is 17.5 Å². The van der Waals surface area contributed by atoms with Crippen LogP contribution in [-0.4, -0.2) is 35.6 Å². The zero-order valence-electron chi connectivity index (χ0n) is 16.4. The van der Waals surface area contributed by atoms with Gasteiger partial charge in [-0.2, -0.15) is 4.98 Å². The van der Waals surface area contributed by atoms with Crippen molar-refractivity contribution < 1.29 is 9.53 Å². The summed E-state index contributed by atoms with van der Waals surface area (Å²) in [6, 6.07) is 7.74. The molecule has 2 aromatic rings. The minimum Gasteiger partial charge on any atom is -0.467 e. The van der Waals surface area contributed by atoms with E-state index in [1.165, 1.54) is 12.8 Å². The first-order chi connectivity index (χ1) is 13.0. The number of amides is 1. The number of nitrogens with zero attached hydrogens (tertiary/aromatic N) is 3. The molecule has 0 spiro atoms. The van der Waals surface area contributed by atoms with E-state index in [-0.39, 0.29) is 12.5 Å². The fourth-order valence-corrected chi connectivity index (χ4v) is 3.21. The maximum absolute atomic E-state index is 12.3. The standard InChI is InChI=1S/C21H28N4O2/c1-15-8-9-16(2)18(12-15)23-19(26)14-27-20-13-17(3)22-21(24-20)25-10-6-4-5-7-11-25/h8-9,12-13H,4-7,10-11,14H2,1-3H3,(H,23,26). The van der Waals surface area contributed by atoms with Crippen molar-refractivity contribution in [3.63, 3.8) is 0 Å². The average molecular weight is 368 g/mol. The lowest BCUT2D eigenvalue weighted by Gasteiger charge is -2.21. The fraction of sp³-hybridized carbons (Fsp3) is 0.476. The molecule has 3 rings (SSSR count). The molecule has 1 aliphatic heterocycles. The molecule has 0 radical (unpaired) electrons. The van der Waals surface area contributed by atoms with Gasteiger partial charge in [0.05, 0.1) is 0 Å². The fourth-order valence-electron chi connectivity index (χ4n) is 3.21. The number of ether oxygens (including phenoxy) is 1. The van der Waals surface area contributed by atoms with Gasteiger partial charge in [0.1, 0.15) is 0 Å². The smallest absolute Gasteiger partial charge is 0.262 e. The van der Waals surface area contributed by atoms with E-state index in [1.54, 1.807) is 6.07 Å². The highest BCUT2D eigenvalue weighted by atomic mass is 16.5. The van der Waals surface area contributed by atoms with Gasteiger partial charge in [-0.05, 0) is 50.8 Å². The van der Waals surface area contributed by atoms with Gasteiger partial charge >= 0.3 is 0 Å². The molecular weight excluding hydrogens is 340 g/mol. The minimum atomic E-state index is -0.198. The number of rotatable bonds is 5. The maximum Gasteiger partial charge on any atom is 0.262 e. The van der Waals surface area contributed by atoms with Crippen LogP contribution in [0.3, 0.4) is 0 Å². The second-order valence-electron chi connectivity index (χ2n) is 7.20. The van der Waals surface area contributed by atoms with Crippen LogP contribution in [0.1, 0.15) is 42.5 Å². The lowest BCUT2D eigenvalue weighted by atomic mass is 10.1. The first-order valence-electron chi connectivity index (χ1n) is 9.62. The van der Waals surface area contributed by atoms with Crippen LogP contribution in [-0.2, 0) is 4.79 Å². The molecular formula is C21H28N4O2. The Kier molecular flexibility index (Phi) is 6.27. The molecule has 0 saturated carbocycles. The predicted octanol–water partition coefficient (Wildman–Crippen LogP) is 3.80. The molecule has 0 unspecified atom stereocenters.